The van der Waals surface area contributed by atoms with Gasteiger partial charge in [0.1, 0.15) is 5.69 Å². The fourth-order valence-corrected chi connectivity index (χ4v) is 1.53. The van der Waals surface area contributed by atoms with Crippen LogP contribution in [0.25, 0.3) is 0 Å². The lowest BCUT2D eigenvalue weighted by Gasteiger charge is -2.30. The second-order valence-electron chi connectivity index (χ2n) is 4.86. The Bertz CT molecular complexity index is 368. The van der Waals surface area contributed by atoms with E-state index in [1.807, 2.05) is 20.8 Å². The van der Waals surface area contributed by atoms with E-state index in [1.165, 1.54) is 0 Å². The van der Waals surface area contributed by atoms with Crippen LogP contribution in [0.4, 0.5) is 0 Å². The van der Waals surface area contributed by atoms with Crippen LogP contribution in [-0.2, 0) is 0 Å². The van der Waals surface area contributed by atoms with Crippen molar-refractivity contribution in [3.05, 3.63) is 23.0 Å². The fraction of sp³-hybridized carbons (Fsp3) is 0.545. The average molecular weight is 244 g/mol. The molecule has 0 saturated heterocycles. The van der Waals surface area contributed by atoms with Crippen molar-refractivity contribution in [2.24, 2.45) is 11.1 Å². The maximum absolute atomic E-state index is 11.8. The lowest BCUT2D eigenvalue weighted by molar-refractivity contribution is 0.0901. The number of rotatable bonds is 3. The van der Waals surface area contributed by atoms with Gasteiger partial charge in [0.2, 0.25) is 0 Å². The van der Waals surface area contributed by atoms with E-state index >= 15 is 0 Å². The van der Waals surface area contributed by atoms with Crippen molar-refractivity contribution in [2.45, 2.75) is 26.8 Å². The van der Waals surface area contributed by atoms with Crippen molar-refractivity contribution in [3.8, 4) is 0 Å². The largest absolute Gasteiger partial charge is 0.356 e. The summed E-state index contributed by atoms with van der Waals surface area (Å²) in [4.78, 5) is 14.6. The molecule has 1 aromatic rings. The van der Waals surface area contributed by atoms with Gasteiger partial charge in [0, 0.05) is 18.8 Å². The molecule has 0 aliphatic heterocycles. The summed E-state index contributed by atoms with van der Waals surface area (Å²) < 4.78 is 0. The number of carbonyl (C=O) groups is 1. The second kappa shape index (κ2) is 4.89. The molecule has 0 radical (unpaired) electrons. The monoisotopic (exact) mass is 243 g/mol. The number of nitrogens with two attached hydrogens (primary N) is 1. The normalized spacial score (nSPS) is 13.6. The number of H-pyrrole nitrogens is 1. The van der Waals surface area contributed by atoms with Crippen LogP contribution in [0.15, 0.2) is 12.3 Å². The minimum Gasteiger partial charge on any atom is -0.356 e. The molecule has 0 aliphatic rings. The van der Waals surface area contributed by atoms with Gasteiger partial charge in [0.05, 0.1) is 5.02 Å². The number of aromatic nitrogens is 1. The first kappa shape index (κ1) is 13.1. The van der Waals surface area contributed by atoms with Gasteiger partial charge >= 0.3 is 0 Å². The maximum Gasteiger partial charge on any atom is 0.268 e. The summed E-state index contributed by atoms with van der Waals surface area (Å²) in [5, 5.41) is 3.40. The van der Waals surface area contributed by atoms with Crippen LogP contribution in [0.2, 0.25) is 5.02 Å². The molecule has 1 unspecified atom stereocenters. The van der Waals surface area contributed by atoms with Gasteiger partial charge in [-0.05, 0) is 11.5 Å². The summed E-state index contributed by atoms with van der Waals surface area (Å²) in [6.07, 6.45) is 1.57. The van der Waals surface area contributed by atoms with E-state index in [9.17, 15) is 4.79 Å². The van der Waals surface area contributed by atoms with Gasteiger partial charge in [0.15, 0.2) is 0 Å². The van der Waals surface area contributed by atoms with Gasteiger partial charge in [-0.3, -0.25) is 4.79 Å². The molecule has 90 valence electrons. The Kier molecular flexibility index (Phi) is 3.99. The number of aromatic amines is 1. The molecular formula is C11H18ClN3O. The third-order valence-electron chi connectivity index (χ3n) is 2.48. The lowest BCUT2D eigenvalue weighted by atomic mass is 9.87. The number of nitrogens with one attached hydrogen (secondary N) is 2. The first-order chi connectivity index (χ1) is 7.34. The quantitative estimate of drug-likeness (QED) is 0.757. The number of hydrogen-bond donors (Lipinski definition) is 3. The van der Waals surface area contributed by atoms with Gasteiger partial charge in [-0.1, -0.05) is 32.4 Å². The van der Waals surface area contributed by atoms with Crippen LogP contribution in [0.5, 0.6) is 0 Å². The molecular weight excluding hydrogens is 226 g/mol. The smallest absolute Gasteiger partial charge is 0.268 e. The van der Waals surface area contributed by atoms with E-state index in [0.29, 0.717) is 17.3 Å². The molecule has 16 heavy (non-hydrogen) atoms. The van der Waals surface area contributed by atoms with Crippen LogP contribution >= 0.6 is 11.6 Å². The molecule has 0 fully saturated rings. The van der Waals surface area contributed by atoms with Crippen LogP contribution in [0, 0.1) is 5.41 Å². The molecule has 1 atom stereocenters. The number of hydrogen-bond acceptors (Lipinski definition) is 2. The molecule has 0 saturated carbocycles. The molecule has 0 spiro atoms. The van der Waals surface area contributed by atoms with Gasteiger partial charge in [-0.15, -0.1) is 0 Å². The Hall–Kier alpha value is -1.00. The van der Waals surface area contributed by atoms with Crippen molar-refractivity contribution in [2.75, 3.05) is 6.54 Å². The Morgan fingerprint density at radius 2 is 2.25 bits per heavy atom. The highest BCUT2D eigenvalue weighted by Gasteiger charge is 2.25. The Morgan fingerprint density at radius 1 is 1.62 bits per heavy atom. The number of amides is 1. The number of carbonyl (C=O) groups excluding carboxylic acids is 1. The zero-order valence-corrected chi connectivity index (χ0v) is 10.6. The first-order valence-corrected chi connectivity index (χ1v) is 5.57. The van der Waals surface area contributed by atoms with Crippen LogP contribution in [-0.4, -0.2) is 23.5 Å². The SMILES string of the molecule is CC(C)(C)C(CN)NC(=O)c1cc(Cl)c[nH]1. The minimum absolute atomic E-state index is 0.0675. The predicted octanol–water partition coefficient (Wildman–Crippen LogP) is 1.77. The van der Waals surface area contributed by atoms with Gasteiger partial charge < -0.3 is 16.0 Å². The lowest BCUT2D eigenvalue weighted by Crippen LogP contribution is -2.48. The first-order valence-electron chi connectivity index (χ1n) is 5.19. The minimum atomic E-state index is -0.183. The zero-order chi connectivity index (χ0) is 12.3. The third kappa shape index (κ3) is 3.25. The Morgan fingerprint density at radius 3 is 2.62 bits per heavy atom. The highest BCUT2D eigenvalue weighted by Crippen LogP contribution is 2.19. The fourth-order valence-electron chi connectivity index (χ4n) is 1.36. The summed E-state index contributed by atoms with van der Waals surface area (Å²) in [5.74, 6) is -0.183. The van der Waals surface area contributed by atoms with E-state index in [0.717, 1.165) is 0 Å². The standard InChI is InChI=1S/C11H18ClN3O/c1-11(2,3)9(5-13)15-10(16)8-4-7(12)6-14-8/h4,6,9,14H,5,13H2,1-3H3,(H,15,16). The van der Waals surface area contributed by atoms with E-state index in [1.54, 1.807) is 12.3 Å². The molecule has 0 bridgehead atoms. The molecule has 5 heteroatoms. The molecule has 0 aromatic carbocycles. The molecule has 1 amide bonds. The topological polar surface area (TPSA) is 70.9 Å². The van der Waals surface area contributed by atoms with Crippen molar-refractivity contribution >= 4 is 17.5 Å². The zero-order valence-electron chi connectivity index (χ0n) is 9.80. The van der Waals surface area contributed by atoms with E-state index in [4.69, 9.17) is 17.3 Å². The second-order valence-corrected chi connectivity index (χ2v) is 5.30. The Balaban J connectivity index is 2.70. The van der Waals surface area contributed by atoms with Gasteiger partial charge in [-0.25, -0.2) is 0 Å². The highest BCUT2D eigenvalue weighted by atomic mass is 35.5. The van der Waals surface area contributed by atoms with Crippen molar-refractivity contribution in [3.63, 3.8) is 0 Å². The van der Waals surface area contributed by atoms with Crippen LogP contribution in [0.3, 0.4) is 0 Å². The number of halogens is 1. The summed E-state index contributed by atoms with van der Waals surface area (Å²) in [6, 6.07) is 1.52. The predicted molar refractivity (Wildman–Crippen MR) is 65.6 cm³/mol. The van der Waals surface area contributed by atoms with Crippen LogP contribution < -0.4 is 11.1 Å². The van der Waals surface area contributed by atoms with Crippen LogP contribution in [0.1, 0.15) is 31.3 Å². The highest BCUT2D eigenvalue weighted by molar-refractivity contribution is 6.30. The van der Waals surface area contributed by atoms with Gasteiger partial charge in [0.25, 0.3) is 5.91 Å². The van der Waals surface area contributed by atoms with E-state index < -0.39 is 0 Å². The Labute approximate surface area is 101 Å². The average Bonchev–Trinajstić information content (AvgIpc) is 2.59. The molecule has 0 aliphatic carbocycles. The molecule has 4 N–H and O–H groups in total. The molecule has 4 nitrogen and oxygen atoms in total. The van der Waals surface area contributed by atoms with Crippen molar-refractivity contribution < 1.29 is 4.79 Å². The van der Waals surface area contributed by atoms with E-state index in [2.05, 4.69) is 10.3 Å². The maximum atomic E-state index is 11.8. The molecule has 1 aromatic heterocycles. The van der Waals surface area contributed by atoms with Crippen molar-refractivity contribution in [1.29, 1.82) is 0 Å². The summed E-state index contributed by atoms with van der Waals surface area (Å²) in [7, 11) is 0. The third-order valence-corrected chi connectivity index (χ3v) is 2.70. The summed E-state index contributed by atoms with van der Waals surface area (Å²) >= 11 is 5.73. The summed E-state index contributed by atoms with van der Waals surface area (Å²) in [6.45, 7) is 6.51. The van der Waals surface area contributed by atoms with E-state index in [-0.39, 0.29) is 17.4 Å². The van der Waals surface area contributed by atoms with Crippen molar-refractivity contribution in [1.82, 2.24) is 10.3 Å². The summed E-state index contributed by atoms with van der Waals surface area (Å²) in [5.41, 5.74) is 6.02. The van der Waals surface area contributed by atoms with Gasteiger partial charge in [-0.2, -0.15) is 0 Å². The molecule has 1 heterocycles. The molecule has 1 rings (SSSR count).